The molecule has 146 valence electrons. The van der Waals surface area contributed by atoms with Gasteiger partial charge in [0, 0.05) is 18.5 Å². The van der Waals surface area contributed by atoms with Crippen LogP contribution in [0.2, 0.25) is 0 Å². The fourth-order valence-electron chi connectivity index (χ4n) is 2.57. The zero-order valence-electron chi connectivity index (χ0n) is 14.7. The molecule has 2 atom stereocenters. The Balaban J connectivity index is 1.95. The Bertz CT molecular complexity index is 794. The lowest BCUT2D eigenvalue weighted by Crippen LogP contribution is -2.45. The molecule has 4 amide bonds. The molecule has 1 aliphatic heterocycles. The summed E-state index contributed by atoms with van der Waals surface area (Å²) in [4.78, 5) is 58.0. The van der Waals surface area contributed by atoms with Crippen LogP contribution in [0.15, 0.2) is 24.3 Å². The summed E-state index contributed by atoms with van der Waals surface area (Å²) in [6.07, 6.45) is 2.77. The van der Waals surface area contributed by atoms with Crippen LogP contribution in [-0.2, 0) is 25.6 Å². The topological polar surface area (TPSA) is 175 Å². The highest BCUT2D eigenvalue weighted by Crippen LogP contribution is 2.15. The smallest absolute Gasteiger partial charge is 0.325 e. The van der Waals surface area contributed by atoms with Crippen LogP contribution in [0.1, 0.15) is 12.0 Å². The molecule has 1 aliphatic rings. The van der Waals surface area contributed by atoms with E-state index in [9.17, 15) is 24.0 Å². The summed E-state index contributed by atoms with van der Waals surface area (Å²) < 4.78 is 0. The third-order valence-electron chi connectivity index (χ3n) is 3.85. The van der Waals surface area contributed by atoms with Crippen LogP contribution in [0, 0.1) is 5.41 Å². The van der Waals surface area contributed by atoms with Crippen molar-refractivity contribution in [1.82, 2.24) is 15.5 Å². The number of hydrogen-bond donors (Lipinski definition) is 5. The quantitative estimate of drug-likeness (QED) is 0.196. The Morgan fingerprint density at radius 1 is 1.29 bits per heavy atom. The minimum atomic E-state index is -1.18. The summed E-state index contributed by atoms with van der Waals surface area (Å²) in [6, 6.07) is 4.01. The lowest BCUT2D eigenvalue weighted by atomic mass is 10.1. The maximum Gasteiger partial charge on any atom is 0.325 e. The van der Waals surface area contributed by atoms with Crippen LogP contribution < -0.4 is 21.7 Å². The van der Waals surface area contributed by atoms with E-state index in [1.165, 1.54) is 12.6 Å². The Hall–Kier alpha value is -3.76. The number of nitrogens with one attached hydrogen (secondary N) is 4. The molecule has 11 nitrogen and oxygen atoms in total. The molecule has 0 spiro atoms. The number of carbonyl (C=O) groups is 3. The van der Waals surface area contributed by atoms with Crippen molar-refractivity contribution in [2.45, 2.75) is 24.9 Å². The lowest BCUT2D eigenvalue weighted by Gasteiger charge is -2.14. The number of nitrogens with zero attached hydrogens (tertiary/aromatic N) is 1. The Labute approximate surface area is 160 Å². The van der Waals surface area contributed by atoms with E-state index < -0.39 is 36.5 Å². The molecular formula is C17H18N6O5. The van der Waals surface area contributed by atoms with E-state index in [0.717, 1.165) is 10.5 Å². The minimum absolute atomic E-state index is 0.202. The van der Waals surface area contributed by atoms with E-state index in [1.807, 2.05) is 0 Å². The van der Waals surface area contributed by atoms with E-state index in [1.54, 1.807) is 24.3 Å². The second kappa shape index (κ2) is 9.26. The molecule has 2 rings (SSSR count). The van der Waals surface area contributed by atoms with E-state index >= 15 is 0 Å². The maximum absolute atomic E-state index is 12.4. The van der Waals surface area contributed by atoms with Crippen molar-refractivity contribution < 1.29 is 24.0 Å². The van der Waals surface area contributed by atoms with Crippen LogP contribution in [-0.4, -0.2) is 59.9 Å². The van der Waals surface area contributed by atoms with Crippen molar-refractivity contribution in [1.29, 1.82) is 5.41 Å². The molecular weight excluding hydrogens is 368 g/mol. The summed E-state index contributed by atoms with van der Waals surface area (Å²) in [5.41, 5.74) is 6.59. The van der Waals surface area contributed by atoms with Crippen LogP contribution in [0.5, 0.6) is 0 Å². The number of guanidine groups is 1. The van der Waals surface area contributed by atoms with Crippen LogP contribution in [0.4, 0.5) is 10.5 Å². The van der Waals surface area contributed by atoms with E-state index in [0.29, 0.717) is 5.69 Å². The summed E-state index contributed by atoms with van der Waals surface area (Å²) in [5, 5.41) is 14.5. The van der Waals surface area contributed by atoms with Crippen molar-refractivity contribution in [3.05, 3.63) is 29.8 Å². The number of imide groups is 1. The predicted molar refractivity (Wildman–Crippen MR) is 97.7 cm³/mol. The second-order valence-corrected chi connectivity index (χ2v) is 5.95. The number of carbonyl (C=O) groups excluding carboxylic acids is 5. The highest BCUT2D eigenvalue weighted by Gasteiger charge is 2.39. The molecule has 11 heteroatoms. The third kappa shape index (κ3) is 5.37. The number of hydrogen-bond acceptors (Lipinski definition) is 6. The maximum atomic E-state index is 12.4. The van der Waals surface area contributed by atoms with Gasteiger partial charge < -0.3 is 21.7 Å². The fraction of sp³-hybridized carbons (Fsp3) is 0.294. The van der Waals surface area contributed by atoms with E-state index in [-0.39, 0.29) is 18.8 Å². The monoisotopic (exact) mass is 386 g/mol. The van der Waals surface area contributed by atoms with Crippen LogP contribution >= 0.6 is 0 Å². The van der Waals surface area contributed by atoms with Crippen LogP contribution in [0.3, 0.4) is 0 Å². The van der Waals surface area contributed by atoms with Gasteiger partial charge in [-0.2, -0.15) is 0 Å². The van der Waals surface area contributed by atoms with Crippen molar-refractivity contribution in [3.63, 3.8) is 0 Å². The molecule has 1 fully saturated rings. The van der Waals surface area contributed by atoms with Gasteiger partial charge in [0.2, 0.25) is 18.5 Å². The minimum Gasteiger partial charge on any atom is -0.370 e. The zero-order valence-corrected chi connectivity index (χ0v) is 14.7. The van der Waals surface area contributed by atoms with E-state index in [4.69, 9.17) is 11.1 Å². The predicted octanol–water partition coefficient (Wildman–Crippen LogP) is -1.45. The molecule has 1 aromatic carbocycles. The standard InChI is InChI=1S/C17H18N6O5/c18-16(19)21-11-3-1-10(2-4-11)7-13-15(27)23(17(28)22-13)8-14(26)20-12(9-25)5-6-24/h1-4,12-13H,5,7-8H2,(H,20,26)(H,22,28)(H4,18,19,21)/t12-,13?/m0/s1. The first-order valence-electron chi connectivity index (χ1n) is 8.18. The first kappa shape index (κ1) is 20.6. The molecule has 0 bridgehead atoms. The number of benzene rings is 1. The van der Waals surface area contributed by atoms with Gasteiger partial charge in [-0.25, -0.2) is 4.79 Å². The second-order valence-electron chi connectivity index (χ2n) is 5.95. The molecule has 0 saturated carbocycles. The van der Waals surface area contributed by atoms with Crippen molar-refractivity contribution in [2.75, 3.05) is 11.9 Å². The van der Waals surface area contributed by atoms with Crippen molar-refractivity contribution in [3.8, 4) is 0 Å². The summed E-state index contributed by atoms with van der Waals surface area (Å²) in [6.45, 7) is -0.584. The molecule has 1 heterocycles. The summed E-state index contributed by atoms with van der Waals surface area (Å²) in [5.74, 6) is -1.56. The number of amides is 4. The lowest BCUT2D eigenvalue weighted by molar-refractivity contribution is -0.132. The van der Waals surface area contributed by atoms with Gasteiger partial charge >= 0.3 is 6.03 Å². The fourth-order valence-corrected chi connectivity index (χ4v) is 2.57. The van der Waals surface area contributed by atoms with Gasteiger partial charge in [-0.15, -0.1) is 0 Å². The first-order valence-corrected chi connectivity index (χ1v) is 8.18. The Morgan fingerprint density at radius 2 is 1.96 bits per heavy atom. The number of urea groups is 1. The average Bonchev–Trinajstić information content (AvgIpc) is 2.90. The van der Waals surface area contributed by atoms with Crippen molar-refractivity contribution >= 4 is 42.1 Å². The molecule has 28 heavy (non-hydrogen) atoms. The van der Waals surface area contributed by atoms with Crippen LogP contribution in [0.25, 0.3) is 0 Å². The van der Waals surface area contributed by atoms with Gasteiger partial charge in [0.15, 0.2) is 5.96 Å². The first-order chi connectivity index (χ1) is 13.3. The third-order valence-corrected chi connectivity index (χ3v) is 3.85. The highest BCUT2D eigenvalue weighted by atomic mass is 16.2. The normalized spacial score (nSPS) is 16.9. The Morgan fingerprint density at radius 3 is 2.54 bits per heavy atom. The molecule has 0 aromatic heterocycles. The van der Waals surface area contributed by atoms with Gasteiger partial charge in [-0.1, -0.05) is 12.1 Å². The zero-order chi connectivity index (χ0) is 20.7. The summed E-state index contributed by atoms with van der Waals surface area (Å²) in [7, 11) is 0. The molecule has 1 saturated heterocycles. The van der Waals surface area contributed by atoms with E-state index in [2.05, 4.69) is 16.0 Å². The number of rotatable bonds is 9. The molecule has 6 N–H and O–H groups in total. The Kier molecular flexibility index (Phi) is 6.79. The van der Waals surface area contributed by atoms with Crippen molar-refractivity contribution in [2.24, 2.45) is 5.73 Å². The highest BCUT2D eigenvalue weighted by molar-refractivity contribution is 6.06. The largest absolute Gasteiger partial charge is 0.370 e. The van der Waals surface area contributed by atoms with Gasteiger partial charge in [0.05, 0.1) is 0 Å². The molecule has 1 aromatic rings. The molecule has 1 unspecified atom stereocenters. The number of nitrogens with two attached hydrogens (primary N) is 1. The SMILES string of the molecule is N=C(N)Nc1ccc(CC2NC(=O)N(CC(=O)N[C@H]([C]=O)C[C]=O)C2=O)cc1. The van der Waals surface area contributed by atoms with Gasteiger partial charge in [-0.3, -0.25) is 29.5 Å². The van der Waals surface area contributed by atoms with Gasteiger partial charge in [0.1, 0.15) is 18.6 Å². The average molecular weight is 386 g/mol. The molecule has 2 radical (unpaired) electrons. The van der Waals surface area contributed by atoms with Gasteiger partial charge in [-0.05, 0) is 17.7 Å². The molecule has 0 aliphatic carbocycles. The number of anilines is 1. The van der Waals surface area contributed by atoms with Gasteiger partial charge in [0.25, 0.3) is 5.91 Å². The summed E-state index contributed by atoms with van der Waals surface area (Å²) >= 11 is 0.